The second kappa shape index (κ2) is 9.78. The van der Waals surface area contributed by atoms with E-state index in [1.165, 1.54) is 11.8 Å². The SMILES string of the molecule is COc1cccc(C=O)c1OCCCSc1nnc(Cc2ccccc2)o1. The van der Waals surface area contributed by atoms with Crippen LogP contribution in [0.3, 0.4) is 0 Å². The van der Waals surface area contributed by atoms with Crippen molar-refractivity contribution >= 4 is 18.0 Å². The van der Waals surface area contributed by atoms with Crippen LogP contribution >= 0.6 is 11.8 Å². The zero-order valence-electron chi connectivity index (χ0n) is 15.0. The molecule has 2 aromatic carbocycles. The van der Waals surface area contributed by atoms with Gasteiger partial charge in [-0.25, -0.2) is 0 Å². The molecular weight excluding hydrogens is 364 g/mol. The summed E-state index contributed by atoms with van der Waals surface area (Å²) in [6, 6.07) is 15.2. The Kier molecular flexibility index (Phi) is 6.87. The lowest BCUT2D eigenvalue weighted by Gasteiger charge is -2.12. The van der Waals surface area contributed by atoms with E-state index in [2.05, 4.69) is 10.2 Å². The Morgan fingerprint density at radius 3 is 2.74 bits per heavy atom. The summed E-state index contributed by atoms with van der Waals surface area (Å²) in [5.41, 5.74) is 1.61. The highest BCUT2D eigenvalue weighted by molar-refractivity contribution is 7.99. The number of aromatic nitrogens is 2. The number of aldehydes is 1. The van der Waals surface area contributed by atoms with E-state index in [-0.39, 0.29) is 0 Å². The van der Waals surface area contributed by atoms with E-state index >= 15 is 0 Å². The minimum absolute atomic E-state index is 0.458. The molecule has 0 atom stereocenters. The molecule has 27 heavy (non-hydrogen) atoms. The van der Waals surface area contributed by atoms with Gasteiger partial charge in [0.25, 0.3) is 5.22 Å². The van der Waals surface area contributed by atoms with E-state index in [1.807, 2.05) is 30.3 Å². The first-order chi connectivity index (χ1) is 13.3. The minimum Gasteiger partial charge on any atom is -0.493 e. The summed E-state index contributed by atoms with van der Waals surface area (Å²) in [4.78, 5) is 11.1. The Labute approximate surface area is 161 Å². The molecule has 7 heteroatoms. The van der Waals surface area contributed by atoms with Gasteiger partial charge in [-0.3, -0.25) is 4.79 Å². The maximum Gasteiger partial charge on any atom is 0.276 e. The molecule has 0 aliphatic carbocycles. The van der Waals surface area contributed by atoms with Crippen LogP contribution in [0.4, 0.5) is 0 Å². The highest BCUT2D eigenvalue weighted by Crippen LogP contribution is 2.30. The number of benzene rings is 2. The summed E-state index contributed by atoms with van der Waals surface area (Å²) in [6.45, 7) is 0.458. The van der Waals surface area contributed by atoms with Crippen LogP contribution in [-0.4, -0.2) is 36.0 Å². The summed E-state index contributed by atoms with van der Waals surface area (Å²) in [5, 5.41) is 8.69. The van der Waals surface area contributed by atoms with Gasteiger partial charge in [-0.15, -0.1) is 10.2 Å². The lowest BCUT2D eigenvalue weighted by molar-refractivity contribution is 0.111. The average molecular weight is 384 g/mol. The van der Waals surface area contributed by atoms with Gasteiger partial charge < -0.3 is 13.9 Å². The van der Waals surface area contributed by atoms with E-state index in [0.717, 1.165) is 24.0 Å². The van der Waals surface area contributed by atoms with Gasteiger partial charge in [-0.2, -0.15) is 0 Å². The Morgan fingerprint density at radius 1 is 1.11 bits per heavy atom. The van der Waals surface area contributed by atoms with Crippen LogP contribution in [0.1, 0.15) is 28.2 Å². The van der Waals surface area contributed by atoms with Crippen molar-refractivity contribution in [2.75, 3.05) is 19.5 Å². The summed E-state index contributed by atoms with van der Waals surface area (Å²) in [7, 11) is 1.55. The van der Waals surface area contributed by atoms with Crippen molar-refractivity contribution in [1.29, 1.82) is 0 Å². The van der Waals surface area contributed by atoms with Crippen LogP contribution in [0.25, 0.3) is 0 Å². The molecule has 0 spiro atoms. The van der Waals surface area contributed by atoms with Crippen LogP contribution in [0.15, 0.2) is 58.2 Å². The molecule has 1 heterocycles. The summed E-state index contributed by atoms with van der Waals surface area (Å²) in [6.07, 6.45) is 2.15. The molecule has 0 bridgehead atoms. The molecule has 0 radical (unpaired) electrons. The van der Waals surface area contributed by atoms with E-state index in [0.29, 0.717) is 41.2 Å². The van der Waals surface area contributed by atoms with Gasteiger partial charge in [0.1, 0.15) is 0 Å². The van der Waals surface area contributed by atoms with Crippen molar-refractivity contribution in [3.8, 4) is 11.5 Å². The van der Waals surface area contributed by atoms with Gasteiger partial charge in [0.15, 0.2) is 17.8 Å². The predicted octanol–water partition coefficient (Wildman–Crippen LogP) is 4.04. The first kappa shape index (κ1) is 19.0. The molecule has 0 fully saturated rings. The minimum atomic E-state index is 0.458. The maximum atomic E-state index is 11.1. The van der Waals surface area contributed by atoms with E-state index in [9.17, 15) is 4.79 Å². The van der Waals surface area contributed by atoms with Gasteiger partial charge in [-0.05, 0) is 24.1 Å². The quantitative estimate of drug-likeness (QED) is 0.297. The molecule has 6 nitrogen and oxygen atoms in total. The van der Waals surface area contributed by atoms with Gasteiger partial charge in [0.2, 0.25) is 5.89 Å². The lowest BCUT2D eigenvalue weighted by atomic mass is 10.2. The van der Waals surface area contributed by atoms with Crippen LogP contribution < -0.4 is 9.47 Å². The molecule has 3 aromatic rings. The smallest absolute Gasteiger partial charge is 0.276 e. The molecule has 0 N–H and O–H groups in total. The zero-order valence-corrected chi connectivity index (χ0v) is 15.8. The Balaban J connectivity index is 1.44. The summed E-state index contributed by atoms with van der Waals surface area (Å²) < 4.78 is 16.6. The van der Waals surface area contributed by atoms with Crippen molar-refractivity contribution in [1.82, 2.24) is 10.2 Å². The molecule has 0 amide bonds. The Bertz CT molecular complexity index is 867. The fourth-order valence-electron chi connectivity index (χ4n) is 2.47. The summed E-state index contributed by atoms with van der Waals surface area (Å²) >= 11 is 1.49. The molecule has 0 unspecified atom stereocenters. The second-order valence-electron chi connectivity index (χ2n) is 5.67. The van der Waals surface area contributed by atoms with Crippen LogP contribution in [0, 0.1) is 0 Å². The number of hydrogen-bond acceptors (Lipinski definition) is 7. The standard InChI is InChI=1S/C20H20N2O4S/c1-24-17-10-5-9-16(14-23)19(17)25-11-6-12-27-20-22-21-18(26-20)13-15-7-3-2-4-8-15/h2-5,7-10,14H,6,11-13H2,1H3. The number of thioether (sulfide) groups is 1. The van der Waals surface area contributed by atoms with Gasteiger partial charge >= 0.3 is 0 Å². The number of hydrogen-bond donors (Lipinski definition) is 0. The normalized spacial score (nSPS) is 10.6. The first-order valence-electron chi connectivity index (χ1n) is 8.54. The average Bonchev–Trinajstić information content (AvgIpc) is 3.15. The third-order valence-electron chi connectivity index (χ3n) is 3.76. The maximum absolute atomic E-state index is 11.1. The molecule has 1 aromatic heterocycles. The van der Waals surface area contributed by atoms with Gasteiger partial charge in [-0.1, -0.05) is 48.2 Å². The number of nitrogens with zero attached hydrogens (tertiary/aromatic N) is 2. The molecule has 0 saturated carbocycles. The number of para-hydroxylation sites is 1. The number of carbonyl (C=O) groups excluding carboxylic acids is 1. The van der Waals surface area contributed by atoms with Gasteiger partial charge in [0.05, 0.1) is 25.7 Å². The van der Waals surface area contributed by atoms with Crippen molar-refractivity contribution in [2.45, 2.75) is 18.1 Å². The van der Waals surface area contributed by atoms with Crippen LogP contribution in [0.2, 0.25) is 0 Å². The monoisotopic (exact) mass is 384 g/mol. The van der Waals surface area contributed by atoms with Crippen molar-refractivity contribution in [2.24, 2.45) is 0 Å². The van der Waals surface area contributed by atoms with E-state index in [1.54, 1.807) is 25.3 Å². The van der Waals surface area contributed by atoms with Gasteiger partial charge in [0, 0.05) is 5.75 Å². The topological polar surface area (TPSA) is 74.5 Å². The highest BCUT2D eigenvalue weighted by Gasteiger charge is 2.11. The third-order valence-corrected chi connectivity index (χ3v) is 4.67. The molecule has 0 aliphatic heterocycles. The highest BCUT2D eigenvalue weighted by atomic mass is 32.2. The molecule has 0 saturated heterocycles. The van der Waals surface area contributed by atoms with Crippen LogP contribution in [-0.2, 0) is 6.42 Å². The van der Waals surface area contributed by atoms with E-state index < -0.39 is 0 Å². The fourth-order valence-corrected chi connectivity index (χ4v) is 3.16. The summed E-state index contributed by atoms with van der Waals surface area (Å²) in [5.74, 6) is 2.39. The Hall–Kier alpha value is -2.80. The number of rotatable bonds is 10. The zero-order chi connectivity index (χ0) is 18.9. The van der Waals surface area contributed by atoms with Crippen molar-refractivity contribution in [3.05, 3.63) is 65.5 Å². The predicted molar refractivity (Wildman–Crippen MR) is 103 cm³/mol. The molecule has 140 valence electrons. The largest absolute Gasteiger partial charge is 0.493 e. The third kappa shape index (κ3) is 5.34. The lowest BCUT2D eigenvalue weighted by Crippen LogP contribution is -2.03. The second-order valence-corrected chi connectivity index (χ2v) is 6.72. The number of methoxy groups -OCH3 is 1. The number of carbonyl (C=O) groups is 1. The Morgan fingerprint density at radius 2 is 1.96 bits per heavy atom. The van der Waals surface area contributed by atoms with Crippen LogP contribution in [0.5, 0.6) is 11.5 Å². The molecular formula is C20H20N2O4S. The van der Waals surface area contributed by atoms with E-state index in [4.69, 9.17) is 13.9 Å². The van der Waals surface area contributed by atoms with Crippen molar-refractivity contribution < 1.29 is 18.7 Å². The molecule has 0 aliphatic rings. The molecule has 3 rings (SSSR count). The number of ether oxygens (including phenoxy) is 2. The first-order valence-corrected chi connectivity index (χ1v) is 9.53. The fraction of sp³-hybridized carbons (Fsp3) is 0.250. The van der Waals surface area contributed by atoms with Crippen molar-refractivity contribution in [3.63, 3.8) is 0 Å².